The lowest BCUT2D eigenvalue weighted by Crippen LogP contribution is -2.32. The van der Waals surface area contributed by atoms with Gasteiger partial charge in [-0.15, -0.1) is 0 Å². The van der Waals surface area contributed by atoms with E-state index in [0.717, 1.165) is 22.6 Å². The predicted molar refractivity (Wildman–Crippen MR) is 106 cm³/mol. The van der Waals surface area contributed by atoms with Gasteiger partial charge >= 0.3 is 12.2 Å². The maximum absolute atomic E-state index is 13.1. The molecular weight excluding hydrogens is 417 g/mol. The van der Waals surface area contributed by atoms with Crippen LogP contribution >= 0.6 is 11.8 Å². The van der Waals surface area contributed by atoms with Crippen LogP contribution in [-0.2, 0) is 17.5 Å². The second-order valence-corrected chi connectivity index (χ2v) is 7.78. The number of rotatable bonds is 6. The van der Waals surface area contributed by atoms with Gasteiger partial charge in [-0.1, -0.05) is 42.1 Å². The molecule has 1 saturated heterocycles. The number of imidazole rings is 1. The molecule has 2 heterocycles. The molecule has 1 fully saturated rings. The Morgan fingerprint density at radius 1 is 1.10 bits per heavy atom. The van der Waals surface area contributed by atoms with Crippen LogP contribution in [0.15, 0.2) is 53.7 Å². The van der Waals surface area contributed by atoms with Gasteiger partial charge in [0.2, 0.25) is 5.91 Å². The van der Waals surface area contributed by atoms with Gasteiger partial charge in [-0.3, -0.25) is 9.69 Å². The fourth-order valence-electron chi connectivity index (χ4n) is 3.22. The van der Waals surface area contributed by atoms with Crippen LogP contribution in [0.2, 0.25) is 0 Å². The molecular formula is C20H17F3N4O2S. The summed E-state index contributed by atoms with van der Waals surface area (Å²) in [6.07, 6.45) is -4.45. The summed E-state index contributed by atoms with van der Waals surface area (Å²) in [5, 5.41) is 2.98. The van der Waals surface area contributed by atoms with E-state index < -0.39 is 17.8 Å². The Kier molecular flexibility index (Phi) is 5.42. The van der Waals surface area contributed by atoms with E-state index >= 15 is 0 Å². The highest BCUT2D eigenvalue weighted by atomic mass is 32.2. The Balaban J connectivity index is 1.63. The minimum Gasteiger partial charge on any atom is -0.329 e. The number of imide groups is 1. The number of urea groups is 1. The lowest BCUT2D eigenvalue weighted by atomic mass is 10.2. The van der Waals surface area contributed by atoms with Crippen molar-refractivity contribution >= 4 is 34.7 Å². The molecule has 1 aromatic heterocycles. The van der Waals surface area contributed by atoms with Crippen molar-refractivity contribution in [1.82, 2.24) is 19.8 Å². The molecule has 0 unspecified atom stereocenters. The highest BCUT2D eigenvalue weighted by molar-refractivity contribution is 7.99. The quantitative estimate of drug-likeness (QED) is 0.474. The first-order valence-electron chi connectivity index (χ1n) is 9.15. The highest BCUT2D eigenvalue weighted by Crippen LogP contribution is 2.33. The largest absolute Gasteiger partial charge is 0.416 e. The van der Waals surface area contributed by atoms with Gasteiger partial charge in [-0.05, 0) is 23.8 Å². The van der Waals surface area contributed by atoms with Crippen molar-refractivity contribution < 1.29 is 22.8 Å². The molecule has 3 aromatic rings. The van der Waals surface area contributed by atoms with E-state index in [1.165, 1.54) is 17.8 Å². The van der Waals surface area contributed by atoms with Gasteiger partial charge < -0.3 is 9.88 Å². The average Bonchev–Trinajstić information content (AvgIpc) is 3.22. The number of amides is 3. The molecule has 2 aromatic carbocycles. The second-order valence-electron chi connectivity index (χ2n) is 6.72. The number of nitrogens with zero attached hydrogens (tertiary/aromatic N) is 3. The summed E-state index contributed by atoms with van der Waals surface area (Å²) in [7, 11) is 0. The SMILES string of the molecule is O=C1CNC(=O)N1CCSc1nc2cc(C(F)(F)F)ccc2n1Cc1ccccc1. The molecule has 1 aliphatic heterocycles. The van der Waals surface area contributed by atoms with Crippen LogP contribution in [0, 0.1) is 0 Å². The van der Waals surface area contributed by atoms with E-state index in [9.17, 15) is 22.8 Å². The van der Waals surface area contributed by atoms with Crippen LogP contribution in [0.25, 0.3) is 11.0 Å². The molecule has 0 radical (unpaired) electrons. The molecule has 0 spiro atoms. The first-order valence-corrected chi connectivity index (χ1v) is 10.1. The molecule has 4 rings (SSSR count). The zero-order valence-electron chi connectivity index (χ0n) is 15.6. The summed E-state index contributed by atoms with van der Waals surface area (Å²) in [6.45, 7) is 0.613. The normalized spacial score (nSPS) is 14.6. The molecule has 156 valence electrons. The number of carbonyl (C=O) groups is 2. The molecule has 0 bridgehead atoms. The zero-order valence-corrected chi connectivity index (χ0v) is 16.5. The summed E-state index contributed by atoms with van der Waals surface area (Å²) < 4.78 is 41.2. The third-order valence-electron chi connectivity index (χ3n) is 4.71. The zero-order chi connectivity index (χ0) is 21.3. The topological polar surface area (TPSA) is 67.2 Å². The third kappa shape index (κ3) is 4.13. The number of halogens is 3. The number of nitrogens with one attached hydrogen (secondary N) is 1. The standard InChI is InChI=1S/C20H17F3N4O2S/c21-20(22,23)14-6-7-16-15(10-14)25-19(27(16)12-13-4-2-1-3-5-13)30-9-8-26-17(28)11-24-18(26)29/h1-7,10H,8-9,11-12H2,(H,24,29). The minimum atomic E-state index is -4.45. The molecule has 1 N–H and O–H groups in total. The highest BCUT2D eigenvalue weighted by Gasteiger charge is 2.31. The number of carbonyl (C=O) groups excluding carboxylic acids is 2. The van der Waals surface area contributed by atoms with E-state index in [1.807, 2.05) is 34.9 Å². The van der Waals surface area contributed by atoms with Crippen LogP contribution in [0.5, 0.6) is 0 Å². The summed E-state index contributed by atoms with van der Waals surface area (Å²) in [6, 6.07) is 12.6. The number of hydrogen-bond donors (Lipinski definition) is 1. The molecule has 1 aliphatic rings. The molecule has 30 heavy (non-hydrogen) atoms. The summed E-state index contributed by atoms with van der Waals surface area (Å²) in [4.78, 5) is 28.9. The predicted octanol–water partition coefficient (Wildman–Crippen LogP) is 3.75. The monoisotopic (exact) mass is 434 g/mol. The minimum absolute atomic E-state index is 0.0176. The van der Waals surface area contributed by atoms with Crippen molar-refractivity contribution in [2.75, 3.05) is 18.8 Å². The Morgan fingerprint density at radius 3 is 2.53 bits per heavy atom. The fraction of sp³-hybridized carbons (Fsp3) is 0.250. The van der Waals surface area contributed by atoms with Crippen molar-refractivity contribution in [1.29, 1.82) is 0 Å². The van der Waals surface area contributed by atoms with E-state index in [2.05, 4.69) is 10.3 Å². The van der Waals surface area contributed by atoms with Crippen LogP contribution in [0.4, 0.5) is 18.0 Å². The van der Waals surface area contributed by atoms with Gasteiger partial charge in [-0.25, -0.2) is 9.78 Å². The van der Waals surface area contributed by atoms with Gasteiger partial charge in [0, 0.05) is 12.3 Å². The number of benzene rings is 2. The molecule has 10 heteroatoms. The number of hydrogen-bond acceptors (Lipinski definition) is 4. The van der Waals surface area contributed by atoms with Gasteiger partial charge in [0.25, 0.3) is 0 Å². The number of fused-ring (bicyclic) bond motifs is 1. The molecule has 0 saturated carbocycles. The van der Waals surface area contributed by atoms with Crippen molar-refractivity contribution in [2.45, 2.75) is 17.9 Å². The average molecular weight is 434 g/mol. The van der Waals surface area contributed by atoms with E-state index in [0.29, 0.717) is 23.0 Å². The molecule has 0 atom stereocenters. The second kappa shape index (κ2) is 8.02. The number of aromatic nitrogens is 2. The first-order chi connectivity index (χ1) is 14.3. The van der Waals surface area contributed by atoms with E-state index in [1.54, 1.807) is 0 Å². The smallest absolute Gasteiger partial charge is 0.329 e. The third-order valence-corrected chi connectivity index (χ3v) is 5.66. The number of alkyl halides is 3. The van der Waals surface area contributed by atoms with E-state index in [-0.39, 0.29) is 24.5 Å². The maximum atomic E-state index is 13.1. The van der Waals surface area contributed by atoms with Gasteiger partial charge in [0.15, 0.2) is 5.16 Å². The Morgan fingerprint density at radius 2 is 1.87 bits per heavy atom. The lowest BCUT2D eigenvalue weighted by Gasteiger charge is -2.13. The Hall–Kier alpha value is -3.01. The van der Waals surface area contributed by atoms with Gasteiger partial charge in [0.05, 0.1) is 29.7 Å². The van der Waals surface area contributed by atoms with E-state index in [4.69, 9.17) is 0 Å². The van der Waals surface area contributed by atoms with Crippen LogP contribution < -0.4 is 5.32 Å². The van der Waals surface area contributed by atoms with Crippen LogP contribution in [0.1, 0.15) is 11.1 Å². The summed E-state index contributed by atoms with van der Waals surface area (Å²) >= 11 is 1.29. The molecule has 6 nitrogen and oxygen atoms in total. The Labute approximate surface area is 174 Å². The van der Waals surface area contributed by atoms with Gasteiger partial charge in [0.1, 0.15) is 0 Å². The number of thioether (sulfide) groups is 1. The van der Waals surface area contributed by atoms with Crippen molar-refractivity contribution in [3.05, 3.63) is 59.7 Å². The lowest BCUT2D eigenvalue weighted by molar-refractivity contribution is -0.137. The first kappa shape index (κ1) is 20.3. The Bertz CT molecular complexity index is 1080. The maximum Gasteiger partial charge on any atom is 0.416 e. The molecule has 0 aliphatic carbocycles. The summed E-state index contributed by atoms with van der Waals surface area (Å²) in [5.74, 6) is 0.0804. The fourth-order valence-corrected chi connectivity index (χ4v) is 4.16. The van der Waals surface area contributed by atoms with Gasteiger partial charge in [-0.2, -0.15) is 13.2 Å². The van der Waals surface area contributed by atoms with Crippen LogP contribution in [-0.4, -0.2) is 45.2 Å². The van der Waals surface area contributed by atoms with Crippen LogP contribution in [0.3, 0.4) is 0 Å². The molecule has 3 amide bonds. The van der Waals surface area contributed by atoms with Crippen molar-refractivity contribution in [3.63, 3.8) is 0 Å². The van der Waals surface area contributed by atoms with Crippen molar-refractivity contribution in [2.24, 2.45) is 0 Å². The van der Waals surface area contributed by atoms with Crippen molar-refractivity contribution in [3.8, 4) is 0 Å². The summed E-state index contributed by atoms with van der Waals surface area (Å²) in [5.41, 5.74) is 1.06.